The predicted octanol–water partition coefficient (Wildman–Crippen LogP) is 0.609. The molecule has 1 heterocycles. The lowest BCUT2D eigenvalue weighted by Gasteiger charge is -2.34. The molecule has 1 fully saturated rings. The minimum absolute atomic E-state index is 0.00446. The third-order valence-electron chi connectivity index (χ3n) is 3.71. The maximum absolute atomic E-state index is 12.0. The van der Waals surface area contributed by atoms with Gasteiger partial charge in [0.15, 0.2) is 0 Å². The van der Waals surface area contributed by atoms with Crippen molar-refractivity contribution in [1.29, 1.82) is 0 Å². The molecule has 2 atom stereocenters. The van der Waals surface area contributed by atoms with E-state index in [0.717, 1.165) is 24.2 Å². The molecular weight excluding hydrogens is 256 g/mol. The van der Waals surface area contributed by atoms with Crippen molar-refractivity contribution < 1.29 is 15.0 Å². The van der Waals surface area contributed by atoms with Crippen molar-refractivity contribution in [2.75, 3.05) is 31.6 Å². The Balaban J connectivity index is 1.83. The summed E-state index contributed by atoms with van der Waals surface area (Å²) in [6.45, 7) is 3.41. The highest BCUT2D eigenvalue weighted by Gasteiger charge is 2.27. The SMILES string of the molecule is Cc1cccc(NC(=O)CN2CCC(CO)C(O)C2)c1. The van der Waals surface area contributed by atoms with Crippen LogP contribution in [0.4, 0.5) is 5.69 Å². The monoisotopic (exact) mass is 278 g/mol. The summed E-state index contributed by atoms with van der Waals surface area (Å²) in [5, 5.41) is 21.8. The summed E-state index contributed by atoms with van der Waals surface area (Å²) in [6.07, 6.45) is 0.163. The van der Waals surface area contributed by atoms with Gasteiger partial charge >= 0.3 is 0 Å². The molecule has 110 valence electrons. The first-order chi connectivity index (χ1) is 9.58. The van der Waals surface area contributed by atoms with Crippen molar-refractivity contribution in [3.05, 3.63) is 29.8 Å². The smallest absolute Gasteiger partial charge is 0.238 e. The van der Waals surface area contributed by atoms with Gasteiger partial charge in [0.2, 0.25) is 5.91 Å². The molecule has 1 amide bonds. The van der Waals surface area contributed by atoms with Crippen molar-refractivity contribution in [2.45, 2.75) is 19.4 Å². The lowest BCUT2D eigenvalue weighted by Crippen LogP contribution is -2.47. The number of nitrogens with one attached hydrogen (secondary N) is 1. The number of hydrogen-bond acceptors (Lipinski definition) is 4. The number of carbonyl (C=O) groups is 1. The summed E-state index contributed by atoms with van der Waals surface area (Å²) < 4.78 is 0. The van der Waals surface area contributed by atoms with Gasteiger partial charge < -0.3 is 15.5 Å². The molecule has 0 bridgehead atoms. The number of hydrogen-bond donors (Lipinski definition) is 3. The van der Waals surface area contributed by atoms with E-state index in [-0.39, 0.29) is 25.0 Å². The average Bonchev–Trinajstić information content (AvgIpc) is 2.38. The molecule has 0 aliphatic carbocycles. The van der Waals surface area contributed by atoms with Crippen LogP contribution in [0.3, 0.4) is 0 Å². The van der Waals surface area contributed by atoms with Crippen LogP contribution in [0.1, 0.15) is 12.0 Å². The maximum atomic E-state index is 12.0. The zero-order valence-electron chi connectivity index (χ0n) is 11.7. The van der Waals surface area contributed by atoms with Gasteiger partial charge in [0.1, 0.15) is 0 Å². The fraction of sp³-hybridized carbons (Fsp3) is 0.533. The number of rotatable bonds is 4. The van der Waals surface area contributed by atoms with E-state index in [1.165, 1.54) is 0 Å². The minimum atomic E-state index is -0.555. The number of amides is 1. The molecule has 1 aromatic carbocycles. The van der Waals surface area contributed by atoms with Crippen LogP contribution in [0.5, 0.6) is 0 Å². The van der Waals surface area contributed by atoms with E-state index in [2.05, 4.69) is 5.32 Å². The van der Waals surface area contributed by atoms with Gasteiger partial charge in [0, 0.05) is 24.8 Å². The predicted molar refractivity (Wildman–Crippen MR) is 77.4 cm³/mol. The van der Waals surface area contributed by atoms with E-state index in [0.29, 0.717) is 6.54 Å². The van der Waals surface area contributed by atoms with Gasteiger partial charge in [-0.15, -0.1) is 0 Å². The standard InChI is InChI=1S/C15H22N2O3/c1-11-3-2-4-13(7-11)16-15(20)9-17-6-5-12(10-18)14(19)8-17/h2-4,7,12,14,18-19H,5-6,8-10H2,1H3,(H,16,20). The number of piperidine rings is 1. The Hall–Kier alpha value is -1.43. The average molecular weight is 278 g/mol. The molecule has 1 aliphatic heterocycles. The summed E-state index contributed by atoms with van der Waals surface area (Å²) >= 11 is 0. The van der Waals surface area contributed by atoms with Crippen molar-refractivity contribution >= 4 is 11.6 Å². The Morgan fingerprint density at radius 3 is 2.95 bits per heavy atom. The molecule has 0 aromatic heterocycles. The van der Waals surface area contributed by atoms with Crippen LogP contribution in [0.2, 0.25) is 0 Å². The highest BCUT2D eigenvalue weighted by Crippen LogP contribution is 2.17. The molecule has 5 nitrogen and oxygen atoms in total. The Morgan fingerprint density at radius 2 is 2.30 bits per heavy atom. The van der Waals surface area contributed by atoms with Crippen LogP contribution in [0.15, 0.2) is 24.3 Å². The first-order valence-electron chi connectivity index (χ1n) is 6.96. The quantitative estimate of drug-likeness (QED) is 0.754. The summed E-state index contributed by atoms with van der Waals surface area (Å²) in [5.74, 6) is -0.142. The third-order valence-corrected chi connectivity index (χ3v) is 3.71. The van der Waals surface area contributed by atoms with Gasteiger partial charge in [-0.3, -0.25) is 9.69 Å². The summed E-state index contributed by atoms with van der Waals surface area (Å²) in [6, 6.07) is 7.66. The number of aliphatic hydroxyl groups excluding tert-OH is 2. The number of carbonyl (C=O) groups excluding carboxylic acids is 1. The molecule has 1 saturated heterocycles. The second kappa shape index (κ2) is 6.83. The topological polar surface area (TPSA) is 72.8 Å². The van der Waals surface area contributed by atoms with Gasteiger partial charge in [-0.2, -0.15) is 0 Å². The second-order valence-corrected chi connectivity index (χ2v) is 5.45. The molecule has 0 radical (unpaired) electrons. The van der Waals surface area contributed by atoms with Crippen LogP contribution in [-0.2, 0) is 4.79 Å². The van der Waals surface area contributed by atoms with Crippen molar-refractivity contribution in [2.24, 2.45) is 5.92 Å². The van der Waals surface area contributed by atoms with Crippen LogP contribution >= 0.6 is 0 Å². The molecule has 2 unspecified atom stereocenters. The minimum Gasteiger partial charge on any atom is -0.396 e. The summed E-state index contributed by atoms with van der Waals surface area (Å²) in [4.78, 5) is 13.9. The molecule has 3 N–H and O–H groups in total. The largest absolute Gasteiger partial charge is 0.396 e. The normalized spacial score (nSPS) is 23.6. The van der Waals surface area contributed by atoms with Crippen molar-refractivity contribution in [1.82, 2.24) is 4.90 Å². The first-order valence-corrected chi connectivity index (χ1v) is 6.96. The summed E-state index contributed by atoms with van der Waals surface area (Å²) in [7, 11) is 0. The molecule has 0 spiro atoms. The van der Waals surface area contributed by atoms with E-state index in [4.69, 9.17) is 5.11 Å². The van der Waals surface area contributed by atoms with Crippen LogP contribution in [0.25, 0.3) is 0 Å². The number of benzene rings is 1. The van der Waals surface area contributed by atoms with Gasteiger partial charge in [0.05, 0.1) is 12.6 Å². The highest BCUT2D eigenvalue weighted by atomic mass is 16.3. The van der Waals surface area contributed by atoms with Crippen LogP contribution in [0, 0.1) is 12.8 Å². The summed E-state index contributed by atoms with van der Waals surface area (Å²) in [5.41, 5.74) is 1.89. The zero-order valence-corrected chi connectivity index (χ0v) is 11.7. The third kappa shape index (κ3) is 4.03. The lowest BCUT2D eigenvalue weighted by atomic mass is 9.95. The lowest BCUT2D eigenvalue weighted by molar-refractivity contribution is -0.118. The fourth-order valence-corrected chi connectivity index (χ4v) is 2.53. The second-order valence-electron chi connectivity index (χ2n) is 5.45. The van der Waals surface area contributed by atoms with E-state index < -0.39 is 6.10 Å². The Labute approximate surface area is 119 Å². The van der Waals surface area contributed by atoms with Gasteiger partial charge in [-0.05, 0) is 37.6 Å². The molecule has 1 aliphatic rings. The van der Waals surface area contributed by atoms with E-state index in [9.17, 15) is 9.90 Å². The van der Waals surface area contributed by atoms with E-state index >= 15 is 0 Å². The number of aryl methyl sites for hydroxylation is 1. The zero-order chi connectivity index (χ0) is 14.5. The van der Waals surface area contributed by atoms with Crippen molar-refractivity contribution in [3.8, 4) is 0 Å². The van der Waals surface area contributed by atoms with Gasteiger partial charge in [0.25, 0.3) is 0 Å². The van der Waals surface area contributed by atoms with E-state index in [1.807, 2.05) is 36.1 Å². The van der Waals surface area contributed by atoms with Gasteiger partial charge in [-0.25, -0.2) is 0 Å². The fourth-order valence-electron chi connectivity index (χ4n) is 2.53. The number of nitrogens with zero attached hydrogens (tertiary/aromatic N) is 1. The number of likely N-dealkylation sites (tertiary alicyclic amines) is 1. The molecule has 2 rings (SSSR count). The van der Waals surface area contributed by atoms with Crippen LogP contribution < -0.4 is 5.32 Å². The van der Waals surface area contributed by atoms with Crippen molar-refractivity contribution in [3.63, 3.8) is 0 Å². The van der Waals surface area contributed by atoms with Gasteiger partial charge in [-0.1, -0.05) is 12.1 Å². The highest BCUT2D eigenvalue weighted by molar-refractivity contribution is 5.92. The number of anilines is 1. The Bertz CT molecular complexity index is 464. The first kappa shape index (κ1) is 15.0. The van der Waals surface area contributed by atoms with E-state index in [1.54, 1.807) is 0 Å². The molecule has 20 heavy (non-hydrogen) atoms. The molecule has 1 aromatic rings. The van der Waals surface area contributed by atoms with Crippen LogP contribution in [-0.4, -0.2) is 53.4 Å². The molecule has 0 saturated carbocycles. The Kier molecular flexibility index (Phi) is 5.11. The molecule has 5 heteroatoms. The number of aliphatic hydroxyl groups is 2. The molecular formula is C15H22N2O3. The number of β-amino-alcohol motifs (C(OH)–C–C–N with tert-alkyl or cyclic N) is 1. The maximum Gasteiger partial charge on any atom is 0.238 e. The Morgan fingerprint density at radius 1 is 1.50 bits per heavy atom.